The van der Waals surface area contributed by atoms with Gasteiger partial charge in [-0.25, -0.2) is 9.97 Å². The van der Waals surface area contributed by atoms with E-state index in [2.05, 4.69) is 15.0 Å². The van der Waals surface area contributed by atoms with E-state index in [9.17, 15) is 10.1 Å². The zero-order valence-electron chi connectivity index (χ0n) is 9.87. The molecule has 0 saturated carbocycles. The van der Waals surface area contributed by atoms with Gasteiger partial charge in [-0.2, -0.15) is 4.98 Å². The minimum atomic E-state index is -0.608. The fourth-order valence-corrected chi connectivity index (χ4v) is 2.27. The molecule has 7 nitrogen and oxygen atoms in total. The van der Waals surface area contributed by atoms with Crippen LogP contribution in [-0.2, 0) is 6.42 Å². The van der Waals surface area contributed by atoms with E-state index >= 15 is 0 Å². The Hall–Kier alpha value is -1.80. The molecule has 0 fully saturated rings. The molecule has 0 N–H and O–H groups in total. The van der Waals surface area contributed by atoms with Gasteiger partial charge in [0.15, 0.2) is 0 Å². The molecule has 0 radical (unpaired) electrons. The van der Waals surface area contributed by atoms with E-state index in [-0.39, 0.29) is 23.5 Å². The number of aryl methyl sites for hydroxylation is 1. The normalized spacial score (nSPS) is 10.4. The monoisotopic (exact) mass is 300 g/mol. The Bertz CT molecular complexity index is 604. The molecule has 0 saturated heterocycles. The first-order valence-corrected chi connectivity index (χ1v) is 6.52. The maximum atomic E-state index is 10.8. The van der Waals surface area contributed by atoms with Crippen LogP contribution in [0, 0.1) is 17.0 Å². The molecule has 0 aliphatic carbocycles. The van der Waals surface area contributed by atoms with Crippen LogP contribution in [0.15, 0.2) is 11.7 Å². The standard InChI is InChI=1S/C10H9ClN4O3S/c1-6-8(19-5-13-6)2-3-18-9-7(15(16)17)4-12-10(11)14-9/h4-5H,2-3H2,1H3. The van der Waals surface area contributed by atoms with Crippen molar-refractivity contribution < 1.29 is 9.66 Å². The highest BCUT2D eigenvalue weighted by molar-refractivity contribution is 7.09. The number of ether oxygens (including phenoxy) is 1. The number of nitrogens with zero attached hydrogens (tertiary/aromatic N) is 4. The van der Waals surface area contributed by atoms with Crippen molar-refractivity contribution >= 4 is 28.6 Å². The third-order valence-corrected chi connectivity index (χ3v) is 3.49. The molecule has 0 aliphatic heterocycles. The van der Waals surface area contributed by atoms with Gasteiger partial charge < -0.3 is 4.74 Å². The summed E-state index contributed by atoms with van der Waals surface area (Å²) in [4.78, 5) is 22.6. The first-order valence-electron chi connectivity index (χ1n) is 5.26. The van der Waals surface area contributed by atoms with Crippen LogP contribution in [0.25, 0.3) is 0 Å². The highest BCUT2D eigenvalue weighted by atomic mass is 35.5. The minimum Gasteiger partial charge on any atom is -0.472 e. The van der Waals surface area contributed by atoms with Gasteiger partial charge in [0.1, 0.15) is 6.20 Å². The van der Waals surface area contributed by atoms with Crippen molar-refractivity contribution in [3.05, 3.63) is 37.7 Å². The molecule has 0 aliphatic rings. The van der Waals surface area contributed by atoms with Crippen molar-refractivity contribution in [2.24, 2.45) is 0 Å². The Morgan fingerprint density at radius 3 is 2.95 bits per heavy atom. The summed E-state index contributed by atoms with van der Waals surface area (Å²) in [5, 5.41) is 10.7. The average molecular weight is 301 g/mol. The fourth-order valence-electron chi connectivity index (χ4n) is 1.38. The van der Waals surface area contributed by atoms with E-state index in [1.165, 1.54) is 11.3 Å². The first kappa shape index (κ1) is 13.6. The molecule has 0 spiro atoms. The van der Waals surface area contributed by atoms with E-state index in [0.717, 1.165) is 16.8 Å². The van der Waals surface area contributed by atoms with Crippen LogP contribution in [-0.4, -0.2) is 26.5 Å². The predicted octanol–water partition coefficient (Wildman–Crippen LogP) is 2.42. The van der Waals surface area contributed by atoms with Crippen LogP contribution in [0.4, 0.5) is 5.69 Å². The van der Waals surface area contributed by atoms with E-state index in [4.69, 9.17) is 16.3 Å². The van der Waals surface area contributed by atoms with Gasteiger partial charge >= 0.3 is 5.69 Å². The van der Waals surface area contributed by atoms with E-state index in [1.807, 2.05) is 6.92 Å². The van der Waals surface area contributed by atoms with Crippen molar-refractivity contribution in [2.45, 2.75) is 13.3 Å². The molecule has 100 valence electrons. The number of halogens is 1. The van der Waals surface area contributed by atoms with Crippen molar-refractivity contribution in [2.75, 3.05) is 6.61 Å². The van der Waals surface area contributed by atoms with Crippen molar-refractivity contribution in [3.8, 4) is 5.88 Å². The Morgan fingerprint density at radius 1 is 1.53 bits per heavy atom. The zero-order chi connectivity index (χ0) is 13.8. The summed E-state index contributed by atoms with van der Waals surface area (Å²) in [6, 6.07) is 0. The second-order valence-corrected chi connectivity index (χ2v) is 4.82. The molecule has 0 atom stereocenters. The quantitative estimate of drug-likeness (QED) is 0.478. The van der Waals surface area contributed by atoms with Crippen LogP contribution in [0.3, 0.4) is 0 Å². The summed E-state index contributed by atoms with van der Waals surface area (Å²) >= 11 is 7.11. The number of aromatic nitrogens is 3. The number of hydrogen-bond acceptors (Lipinski definition) is 7. The zero-order valence-corrected chi connectivity index (χ0v) is 11.4. The van der Waals surface area contributed by atoms with Gasteiger partial charge in [-0.05, 0) is 18.5 Å². The molecule has 2 aromatic heterocycles. The van der Waals surface area contributed by atoms with Gasteiger partial charge in [0, 0.05) is 11.3 Å². The second kappa shape index (κ2) is 5.89. The summed E-state index contributed by atoms with van der Waals surface area (Å²) in [6.07, 6.45) is 1.64. The third kappa shape index (κ3) is 3.36. The molecular formula is C10H9ClN4O3S. The minimum absolute atomic E-state index is 0.0884. The number of hydrogen-bond donors (Lipinski definition) is 0. The first-order chi connectivity index (χ1) is 9.08. The van der Waals surface area contributed by atoms with E-state index in [0.29, 0.717) is 6.42 Å². The molecule has 2 heterocycles. The number of rotatable bonds is 5. The smallest absolute Gasteiger partial charge is 0.349 e. The molecular weight excluding hydrogens is 292 g/mol. The fraction of sp³-hybridized carbons (Fsp3) is 0.300. The summed E-state index contributed by atoms with van der Waals surface area (Å²) in [6.45, 7) is 2.16. The lowest BCUT2D eigenvalue weighted by Crippen LogP contribution is -2.05. The maximum absolute atomic E-state index is 10.8. The van der Waals surface area contributed by atoms with Crippen molar-refractivity contribution in [3.63, 3.8) is 0 Å². The molecule has 9 heteroatoms. The van der Waals surface area contributed by atoms with Crippen molar-refractivity contribution in [1.82, 2.24) is 15.0 Å². The lowest BCUT2D eigenvalue weighted by atomic mass is 10.3. The topological polar surface area (TPSA) is 91.0 Å². The number of thiazole rings is 1. The van der Waals surface area contributed by atoms with Crippen LogP contribution in [0.1, 0.15) is 10.6 Å². The van der Waals surface area contributed by atoms with Gasteiger partial charge in [0.05, 0.1) is 22.7 Å². The van der Waals surface area contributed by atoms with Crippen molar-refractivity contribution in [1.29, 1.82) is 0 Å². The Balaban J connectivity index is 2.05. The van der Waals surface area contributed by atoms with Gasteiger partial charge in [-0.3, -0.25) is 10.1 Å². The highest BCUT2D eigenvalue weighted by Crippen LogP contribution is 2.24. The second-order valence-electron chi connectivity index (χ2n) is 3.55. The molecule has 0 aromatic carbocycles. The maximum Gasteiger partial charge on any atom is 0.349 e. The summed E-state index contributed by atoms with van der Waals surface area (Å²) in [5.41, 5.74) is 2.38. The van der Waals surface area contributed by atoms with Gasteiger partial charge in [0.2, 0.25) is 5.28 Å². The van der Waals surface area contributed by atoms with Gasteiger partial charge in [0.25, 0.3) is 5.88 Å². The number of nitro groups is 1. The lowest BCUT2D eigenvalue weighted by Gasteiger charge is -2.05. The summed E-state index contributed by atoms with van der Waals surface area (Å²) in [7, 11) is 0. The van der Waals surface area contributed by atoms with Crippen LogP contribution < -0.4 is 4.74 Å². The SMILES string of the molecule is Cc1ncsc1CCOc1nc(Cl)ncc1[N+](=O)[O-]. The average Bonchev–Trinajstić information content (AvgIpc) is 2.75. The Kier molecular flexibility index (Phi) is 4.23. The molecule has 0 bridgehead atoms. The molecule has 0 amide bonds. The summed E-state index contributed by atoms with van der Waals surface area (Å²) < 4.78 is 5.31. The van der Waals surface area contributed by atoms with E-state index in [1.54, 1.807) is 5.51 Å². The van der Waals surface area contributed by atoms with Gasteiger partial charge in [-0.1, -0.05) is 0 Å². The van der Waals surface area contributed by atoms with E-state index < -0.39 is 4.92 Å². The molecule has 19 heavy (non-hydrogen) atoms. The van der Waals surface area contributed by atoms with Crippen LogP contribution in [0.2, 0.25) is 5.28 Å². The Morgan fingerprint density at radius 2 is 2.32 bits per heavy atom. The largest absolute Gasteiger partial charge is 0.472 e. The third-order valence-electron chi connectivity index (χ3n) is 2.32. The lowest BCUT2D eigenvalue weighted by molar-refractivity contribution is -0.386. The highest BCUT2D eigenvalue weighted by Gasteiger charge is 2.18. The molecule has 2 rings (SSSR count). The molecule has 2 aromatic rings. The molecule has 0 unspecified atom stereocenters. The Labute approximate surface area is 117 Å². The summed E-state index contributed by atoms with van der Waals surface area (Å²) in [5.74, 6) is -0.118. The predicted molar refractivity (Wildman–Crippen MR) is 69.7 cm³/mol. The van der Waals surface area contributed by atoms with Crippen LogP contribution in [0.5, 0.6) is 5.88 Å². The van der Waals surface area contributed by atoms with Gasteiger partial charge in [-0.15, -0.1) is 11.3 Å². The van der Waals surface area contributed by atoms with Crippen LogP contribution >= 0.6 is 22.9 Å².